The Bertz CT molecular complexity index is 1310. The van der Waals surface area contributed by atoms with Crippen LogP contribution in [0.2, 0.25) is 0 Å². The fourth-order valence-electron chi connectivity index (χ4n) is 7.28. The van der Waals surface area contributed by atoms with Crippen molar-refractivity contribution in [2.45, 2.75) is 71.4 Å². The van der Waals surface area contributed by atoms with Crippen LogP contribution in [-0.2, 0) is 19.2 Å². The van der Waals surface area contributed by atoms with E-state index in [9.17, 15) is 19.2 Å². The monoisotopic (exact) mass is 588 g/mol. The molecular weight excluding hydrogens is 540 g/mol. The maximum atomic E-state index is 14.8. The van der Waals surface area contributed by atoms with E-state index in [0.717, 1.165) is 22.3 Å². The molecule has 2 bridgehead atoms. The highest BCUT2D eigenvalue weighted by atomic mass is 16.2. The van der Waals surface area contributed by atoms with Crippen molar-refractivity contribution in [1.82, 2.24) is 20.4 Å². The summed E-state index contributed by atoms with van der Waals surface area (Å²) in [5.41, 5.74) is 4.20. The van der Waals surface area contributed by atoms with E-state index in [2.05, 4.69) is 34.9 Å². The molecule has 4 amide bonds. The molecule has 2 N–H and O–H groups in total. The summed E-state index contributed by atoms with van der Waals surface area (Å²) >= 11 is 0. The second kappa shape index (κ2) is 13.3. The fourth-order valence-corrected chi connectivity index (χ4v) is 7.28. The normalized spacial score (nSPS) is 21.4. The molecule has 0 spiro atoms. The molecule has 0 fully saturated rings. The summed E-state index contributed by atoms with van der Waals surface area (Å²) in [5.74, 6) is -2.67. The van der Waals surface area contributed by atoms with Gasteiger partial charge in [0.15, 0.2) is 0 Å². The van der Waals surface area contributed by atoms with Crippen molar-refractivity contribution in [3.63, 3.8) is 0 Å². The lowest BCUT2D eigenvalue weighted by Crippen LogP contribution is -2.58. The van der Waals surface area contributed by atoms with Gasteiger partial charge in [-0.25, -0.2) is 0 Å². The van der Waals surface area contributed by atoms with Crippen LogP contribution in [0.3, 0.4) is 0 Å². The summed E-state index contributed by atoms with van der Waals surface area (Å²) in [6.07, 6.45) is 1.01. The van der Waals surface area contributed by atoms with Gasteiger partial charge in [0.05, 0.1) is 11.8 Å². The van der Waals surface area contributed by atoms with Crippen molar-refractivity contribution in [3.8, 4) is 0 Å². The first kappa shape index (κ1) is 32.2. The Balaban J connectivity index is 1.88. The van der Waals surface area contributed by atoms with E-state index >= 15 is 0 Å². The highest BCUT2D eigenvalue weighted by molar-refractivity contribution is 5.96. The van der Waals surface area contributed by atoms with Crippen molar-refractivity contribution < 1.29 is 19.2 Å². The first-order valence-electron chi connectivity index (χ1n) is 15.6. The number of nitrogens with one attached hydrogen (secondary N) is 2. The van der Waals surface area contributed by atoms with Crippen molar-refractivity contribution in [1.29, 1.82) is 0 Å². The number of fused-ring (bicyclic) bond motifs is 1. The van der Waals surface area contributed by atoms with E-state index in [1.807, 2.05) is 58.9 Å². The maximum Gasteiger partial charge on any atom is 0.242 e. The van der Waals surface area contributed by atoms with E-state index in [4.69, 9.17) is 0 Å². The Morgan fingerprint density at radius 3 is 1.33 bits per heavy atom. The van der Waals surface area contributed by atoms with Gasteiger partial charge in [0.2, 0.25) is 23.6 Å². The quantitative estimate of drug-likeness (QED) is 0.412. The summed E-state index contributed by atoms with van der Waals surface area (Å²) in [4.78, 5) is 59.0. The van der Waals surface area contributed by atoms with Gasteiger partial charge in [0.1, 0.15) is 12.1 Å². The zero-order valence-corrected chi connectivity index (χ0v) is 26.9. The molecule has 4 atom stereocenters. The van der Waals surface area contributed by atoms with Crippen LogP contribution in [0.1, 0.15) is 81.5 Å². The number of amides is 4. The molecule has 0 aliphatic heterocycles. The minimum Gasteiger partial charge on any atom is -0.357 e. The van der Waals surface area contributed by atoms with Gasteiger partial charge in [-0.1, -0.05) is 76.2 Å². The number of carbonyl (C=O) groups excluding carboxylic acids is 4. The predicted molar refractivity (Wildman–Crippen MR) is 168 cm³/mol. The van der Waals surface area contributed by atoms with Gasteiger partial charge in [0.25, 0.3) is 0 Å². The van der Waals surface area contributed by atoms with Crippen LogP contribution in [0.15, 0.2) is 48.5 Å². The van der Waals surface area contributed by atoms with Gasteiger partial charge >= 0.3 is 0 Å². The standard InChI is InChI=1S/C35H48N4O4/c1-9-37-33(41)27(19-21(4)5)39(8)35(43)31-29-24-16-12-10-14-22(24)28(23-15-11-13-17-25(23)29)30(31)34(42)38(7)26(18-20(2)3)32(40)36-6/h10-17,20-21,26-31H,9,18-19H2,1-8H3,(H,36,40)(H,37,41)/t26-,27+,28?,29?,30+,31-/m0/s1. The molecule has 0 saturated carbocycles. The number of likely N-dealkylation sites (N-methyl/N-ethyl adjacent to an activating group) is 4. The summed E-state index contributed by atoms with van der Waals surface area (Å²) in [6.45, 7) is 10.5. The Hall–Kier alpha value is -3.68. The molecule has 2 aromatic rings. The molecular formula is C35H48N4O4. The minimum absolute atomic E-state index is 0.180. The van der Waals surface area contributed by atoms with E-state index < -0.39 is 23.9 Å². The Morgan fingerprint density at radius 2 is 1.02 bits per heavy atom. The number of nitrogens with zero attached hydrogens (tertiary/aromatic N) is 2. The third-order valence-electron chi connectivity index (χ3n) is 9.23. The summed E-state index contributed by atoms with van der Waals surface area (Å²) < 4.78 is 0. The predicted octanol–water partition coefficient (Wildman–Crippen LogP) is 4.14. The topological polar surface area (TPSA) is 98.8 Å². The number of hydrogen-bond acceptors (Lipinski definition) is 4. The average molecular weight is 589 g/mol. The van der Waals surface area contributed by atoms with Crippen molar-refractivity contribution in [3.05, 3.63) is 70.8 Å². The number of rotatable bonds is 11. The number of hydrogen-bond donors (Lipinski definition) is 2. The average Bonchev–Trinajstić information content (AvgIpc) is 3.00. The molecule has 0 aromatic heterocycles. The van der Waals surface area contributed by atoms with Crippen molar-refractivity contribution in [2.75, 3.05) is 27.7 Å². The molecule has 43 heavy (non-hydrogen) atoms. The Labute approximate surface area is 256 Å². The molecule has 0 unspecified atom stereocenters. The molecule has 8 heteroatoms. The van der Waals surface area contributed by atoms with E-state index in [1.54, 1.807) is 30.9 Å². The van der Waals surface area contributed by atoms with Crippen molar-refractivity contribution >= 4 is 23.6 Å². The van der Waals surface area contributed by atoms with Gasteiger partial charge in [0, 0.05) is 39.5 Å². The van der Waals surface area contributed by atoms with Gasteiger partial charge in [-0.3, -0.25) is 19.2 Å². The van der Waals surface area contributed by atoms with Crippen LogP contribution in [-0.4, -0.2) is 73.2 Å². The highest BCUT2D eigenvalue weighted by Gasteiger charge is 2.57. The lowest BCUT2D eigenvalue weighted by Gasteiger charge is -2.51. The summed E-state index contributed by atoms with van der Waals surface area (Å²) in [7, 11) is 4.97. The number of benzene rings is 2. The zero-order valence-electron chi connectivity index (χ0n) is 26.9. The van der Waals surface area contributed by atoms with Crippen LogP contribution in [0, 0.1) is 23.7 Å². The zero-order chi connectivity index (χ0) is 31.6. The number of carbonyl (C=O) groups is 4. The summed E-state index contributed by atoms with van der Waals surface area (Å²) in [6, 6.07) is 14.9. The lowest BCUT2D eigenvalue weighted by atomic mass is 9.53. The van der Waals surface area contributed by atoms with Gasteiger partial charge in [-0.05, 0) is 53.9 Å². The summed E-state index contributed by atoms with van der Waals surface area (Å²) in [5, 5.41) is 5.64. The lowest BCUT2D eigenvalue weighted by molar-refractivity contribution is -0.153. The Kier molecular flexibility index (Phi) is 9.98. The minimum atomic E-state index is -0.733. The van der Waals surface area contributed by atoms with Crippen LogP contribution in [0.4, 0.5) is 0 Å². The molecule has 0 saturated heterocycles. The highest BCUT2D eigenvalue weighted by Crippen LogP contribution is 2.59. The first-order valence-corrected chi connectivity index (χ1v) is 15.6. The third kappa shape index (κ3) is 6.06. The molecule has 5 rings (SSSR count). The van der Waals surface area contributed by atoms with Crippen LogP contribution in [0.25, 0.3) is 0 Å². The molecule has 3 aliphatic carbocycles. The van der Waals surface area contributed by atoms with E-state index in [0.29, 0.717) is 19.4 Å². The smallest absolute Gasteiger partial charge is 0.242 e. The van der Waals surface area contributed by atoms with E-state index in [1.165, 1.54) is 0 Å². The second-order valence-corrected chi connectivity index (χ2v) is 13.0. The Morgan fingerprint density at radius 1 is 0.674 bits per heavy atom. The largest absolute Gasteiger partial charge is 0.357 e. The van der Waals surface area contributed by atoms with Crippen LogP contribution in [0.5, 0.6) is 0 Å². The van der Waals surface area contributed by atoms with Crippen LogP contribution < -0.4 is 10.6 Å². The molecule has 2 aromatic carbocycles. The van der Waals surface area contributed by atoms with Crippen molar-refractivity contribution in [2.24, 2.45) is 23.7 Å². The molecule has 8 nitrogen and oxygen atoms in total. The second-order valence-electron chi connectivity index (χ2n) is 13.0. The van der Waals surface area contributed by atoms with Gasteiger partial charge in [-0.2, -0.15) is 0 Å². The third-order valence-corrected chi connectivity index (χ3v) is 9.23. The molecule has 0 radical (unpaired) electrons. The molecule has 0 heterocycles. The van der Waals surface area contributed by atoms with E-state index in [-0.39, 0.29) is 47.3 Å². The first-order chi connectivity index (χ1) is 20.4. The fraction of sp³-hybridized carbons (Fsp3) is 0.543. The maximum absolute atomic E-state index is 14.8. The molecule has 232 valence electrons. The SMILES string of the molecule is CCNC(=O)[C@@H](CC(C)C)N(C)C(=O)[C@H]1C2c3ccccc3C(c3ccccc32)[C@H]1C(=O)N(C)[C@@H](CC(C)C)C(=O)NC. The van der Waals surface area contributed by atoms with Gasteiger partial charge in [-0.15, -0.1) is 0 Å². The van der Waals surface area contributed by atoms with Crippen LogP contribution >= 0.6 is 0 Å². The molecule has 3 aliphatic rings. The van der Waals surface area contributed by atoms with Gasteiger partial charge < -0.3 is 20.4 Å².